The summed E-state index contributed by atoms with van der Waals surface area (Å²) in [6.45, 7) is 6.67. The molecule has 1 saturated carbocycles. The number of carbonyl (C=O) groups excluding carboxylic acids is 2. The largest absolute Gasteiger partial charge is 0.493 e. The van der Waals surface area contributed by atoms with Gasteiger partial charge in [0.15, 0.2) is 0 Å². The van der Waals surface area contributed by atoms with Crippen molar-refractivity contribution in [2.24, 2.45) is 5.92 Å². The Labute approximate surface area is 209 Å². The number of amides is 2. The predicted octanol–water partition coefficient (Wildman–Crippen LogP) is 4.11. The van der Waals surface area contributed by atoms with Crippen molar-refractivity contribution in [1.29, 1.82) is 0 Å². The van der Waals surface area contributed by atoms with E-state index in [2.05, 4.69) is 20.3 Å². The number of nitrogens with zero attached hydrogens (tertiary/aromatic N) is 3. The molecule has 0 spiro atoms. The van der Waals surface area contributed by atoms with Crippen LogP contribution in [0.2, 0.25) is 0 Å². The van der Waals surface area contributed by atoms with Crippen molar-refractivity contribution in [2.75, 3.05) is 19.7 Å². The van der Waals surface area contributed by atoms with Crippen LogP contribution in [0.3, 0.4) is 0 Å². The number of likely N-dealkylation sites (tertiary alicyclic amines) is 1. The van der Waals surface area contributed by atoms with Gasteiger partial charge in [0.05, 0.1) is 30.3 Å². The van der Waals surface area contributed by atoms with Gasteiger partial charge < -0.3 is 19.9 Å². The van der Waals surface area contributed by atoms with Gasteiger partial charge in [0.25, 0.3) is 5.91 Å². The molecule has 1 aromatic carbocycles. The second-order valence-electron chi connectivity index (χ2n) is 9.90. The predicted molar refractivity (Wildman–Crippen MR) is 135 cm³/mol. The number of fused-ring (bicyclic) bond motifs is 1. The molecule has 1 aliphatic carbocycles. The average molecular weight is 494 g/mol. The summed E-state index contributed by atoms with van der Waals surface area (Å²) in [5.41, 5.74) is 4.70. The van der Waals surface area contributed by atoms with Crippen LogP contribution in [0.25, 0.3) is 22.3 Å². The Morgan fingerprint density at radius 1 is 1.22 bits per heavy atom. The minimum atomic E-state index is -1.33. The molecule has 5 rings (SSSR count). The molecule has 0 bridgehead atoms. The molecular weight excluding hydrogens is 461 g/mol. The number of carbonyl (C=O) groups is 2. The number of hydrogen-bond acceptors (Lipinski definition) is 5. The van der Waals surface area contributed by atoms with Crippen LogP contribution in [-0.2, 0) is 4.79 Å². The fraction of sp³-hybridized carbons (Fsp3) is 0.481. The molecule has 9 heteroatoms. The van der Waals surface area contributed by atoms with Gasteiger partial charge in [0.1, 0.15) is 29.5 Å². The highest BCUT2D eigenvalue weighted by Gasteiger charge is 2.33. The zero-order chi connectivity index (χ0) is 25.4. The molecule has 36 heavy (non-hydrogen) atoms. The van der Waals surface area contributed by atoms with Crippen LogP contribution in [-0.4, -0.2) is 63.6 Å². The Morgan fingerprint density at radius 2 is 2.03 bits per heavy atom. The monoisotopic (exact) mass is 493 g/mol. The minimum Gasteiger partial charge on any atom is -0.493 e. The number of H-pyrrole nitrogens is 1. The number of aromatic nitrogens is 3. The number of piperidine rings is 1. The zero-order valence-electron chi connectivity index (χ0n) is 20.9. The van der Waals surface area contributed by atoms with Crippen LogP contribution in [0.5, 0.6) is 5.75 Å². The van der Waals surface area contributed by atoms with E-state index in [9.17, 15) is 14.0 Å². The van der Waals surface area contributed by atoms with E-state index in [0.717, 1.165) is 16.9 Å². The summed E-state index contributed by atoms with van der Waals surface area (Å²) in [6, 6.07) is 5.33. The van der Waals surface area contributed by atoms with E-state index in [0.29, 0.717) is 59.9 Å². The molecule has 1 saturated heterocycles. The number of rotatable bonds is 7. The van der Waals surface area contributed by atoms with Crippen LogP contribution >= 0.6 is 0 Å². The van der Waals surface area contributed by atoms with Crippen LogP contribution in [0.15, 0.2) is 24.5 Å². The molecule has 1 aliphatic heterocycles. The SMILES string of the molecule is CCC(=O)N1CC[C@@H](NC(=O)c2c(C)[nH]c3c(-c4cc(C)ccc4OCC4CC4)ncnc23)[C@@H](F)C1. The summed E-state index contributed by atoms with van der Waals surface area (Å²) in [6.07, 6.45) is 3.22. The highest BCUT2D eigenvalue weighted by molar-refractivity contribution is 6.09. The van der Waals surface area contributed by atoms with Crippen LogP contribution in [0, 0.1) is 19.8 Å². The molecule has 2 fully saturated rings. The second kappa shape index (κ2) is 9.87. The van der Waals surface area contributed by atoms with Gasteiger partial charge in [-0.1, -0.05) is 18.6 Å². The van der Waals surface area contributed by atoms with E-state index in [-0.39, 0.29) is 18.4 Å². The fourth-order valence-corrected chi connectivity index (χ4v) is 4.81. The van der Waals surface area contributed by atoms with Gasteiger partial charge in [-0.25, -0.2) is 14.4 Å². The van der Waals surface area contributed by atoms with Crippen LogP contribution < -0.4 is 10.1 Å². The summed E-state index contributed by atoms with van der Waals surface area (Å²) in [5, 5.41) is 2.84. The lowest BCUT2D eigenvalue weighted by atomic mass is 10.0. The van der Waals surface area contributed by atoms with E-state index in [1.807, 2.05) is 25.1 Å². The summed E-state index contributed by atoms with van der Waals surface area (Å²) >= 11 is 0. The first-order valence-electron chi connectivity index (χ1n) is 12.7. The Kier molecular flexibility index (Phi) is 6.64. The number of alkyl halides is 1. The maximum atomic E-state index is 14.9. The van der Waals surface area contributed by atoms with Crippen molar-refractivity contribution in [1.82, 2.24) is 25.2 Å². The highest BCUT2D eigenvalue weighted by atomic mass is 19.1. The van der Waals surface area contributed by atoms with E-state index >= 15 is 0 Å². The standard InChI is InChI=1S/C27H32FN5O3/c1-4-22(34)33-10-9-20(19(28)12-33)32-27(35)23-16(3)31-26-24(29-14-30-25(23)26)18-11-15(2)5-8-21(18)36-13-17-6-7-17/h5,8,11,14,17,19-20,31H,4,6-7,9-10,12-13H2,1-3H3,(H,32,35)/t19-,20+/m0/s1. The van der Waals surface area contributed by atoms with E-state index in [1.165, 1.54) is 24.1 Å². The van der Waals surface area contributed by atoms with Crippen molar-refractivity contribution in [2.45, 2.75) is 58.7 Å². The quantitative estimate of drug-likeness (QED) is 0.516. The minimum absolute atomic E-state index is 0.00615. The third kappa shape index (κ3) is 4.79. The van der Waals surface area contributed by atoms with Crippen molar-refractivity contribution >= 4 is 22.8 Å². The first-order chi connectivity index (χ1) is 17.4. The number of halogens is 1. The first kappa shape index (κ1) is 24.2. The highest BCUT2D eigenvalue weighted by Crippen LogP contribution is 2.37. The number of aryl methyl sites for hydroxylation is 2. The summed E-state index contributed by atoms with van der Waals surface area (Å²) in [5.74, 6) is 0.898. The third-order valence-corrected chi connectivity index (χ3v) is 7.07. The lowest BCUT2D eigenvalue weighted by molar-refractivity contribution is -0.133. The Hall–Kier alpha value is -3.49. The molecule has 8 nitrogen and oxygen atoms in total. The Bertz CT molecular complexity index is 1300. The summed E-state index contributed by atoms with van der Waals surface area (Å²) < 4.78 is 21.0. The van der Waals surface area contributed by atoms with Gasteiger partial charge in [-0.2, -0.15) is 0 Å². The lowest BCUT2D eigenvalue weighted by Gasteiger charge is -2.35. The van der Waals surface area contributed by atoms with E-state index in [1.54, 1.807) is 13.8 Å². The van der Waals surface area contributed by atoms with Gasteiger partial charge in [-0.3, -0.25) is 9.59 Å². The topological polar surface area (TPSA) is 100 Å². The molecule has 3 aromatic rings. The van der Waals surface area contributed by atoms with Gasteiger partial charge in [-0.15, -0.1) is 0 Å². The molecule has 2 aromatic heterocycles. The molecule has 2 aliphatic rings. The van der Waals surface area contributed by atoms with Gasteiger partial charge in [0.2, 0.25) is 5.91 Å². The van der Waals surface area contributed by atoms with Crippen molar-refractivity contribution in [3.63, 3.8) is 0 Å². The molecule has 3 heterocycles. The number of nitrogens with one attached hydrogen (secondary N) is 2. The average Bonchev–Trinajstić information content (AvgIpc) is 3.63. The normalized spacial score (nSPS) is 19.9. The maximum absolute atomic E-state index is 14.9. The molecular formula is C27H32FN5O3. The number of hydrogen-bond donors (Lipinski definition) is 2. The zero-order valence-corrected chi connectivity index (χ0v) is 20.9. The molecule has 2 N–H and O–H groups in total. The van der Waals surface area contributed by atoms with Crippen LogP contribution in [0.1, 0.15) is 54.2 Å². The smallest absolute Gasteiger partial charge is 0.255 e. The Balaban J connectivity index is 1.42. The van der Waals surface area contributed by atoms with Crippen molar-refractivity contribution in [3.05, 3.63) is 41.3 Å². The Morgan fingerprint density at radius 3 is 2.75 bits per heavy atom. The fourth-order valence-electron chi connectivity index (χ4n) is 4.81. The van der Waals surface area contributed by atoms with Crippen molar-refractivity contribution in [3.8, 4) is 17.0 Å². The molecule has 190 valence electrons. The van der Waals surface area contributed by atoms with Crippen molar-refractivity contribution < 1.29 is 18.7 Å². The number of aromatic amines is 1. The van der Waals surface area contributed by atoms with Gasteiger partial charge >= 0.3 is 0 Å². The lowest BCUT2D eigenvalue weighted by Crippen LogP contribution is -2.53. The molecule has 0 unspecified atom stereocenters. The van der Waals surface area contributed by atoms with Crippen LogP contribution in [0.4, 0.5) is 4.39 Å². The first-order valence-corrected chi connectivity index (χ1v) is 12.7. The molecule has 2 atom stereocenters. The summed E-state index contributed by atoms with van der Waals surface area (Å²) in [4.78, 5) is 39.0. The van der Waals surface area contributed by atoms with Gasteiger partial charge in [-0.05, 0) is 51.2 Å². The molecule has 0 radical (unpaired) electrons. The second-order valence-corrected chi connectivity index (χ2v) is 9.90. The van der Waals surface area contributed by atoms with Gasteiger partial charge in [0, 0.05) is 24.2 Å². The number of ether oxygens (including phenoxy) is 1. The van der Waals surface area contributed by atoms with E-state index in [4.69, 9.17) is 4.74 Å². The maximum Gasteiger partial charge on any atom is 0.255 e. The molecule has 2 amide bonds. The number of benzene rings is 1. The van der Waals surface area contributed by atoms with E-state index < -0.39 is 12.2 Å². The third-order valence-electron chi connectivity index (χ3n) is 7.07. The summed E-state index contributed by atoms with van der Waals surface area (Å²) in [7, 11) is 0.